The van der Waals surface area contributed by atoms with Gasteiger partial charge in [0.05, 0.1) is 0 Å². The third kappa shape index (κ3) is 4.16. The van der Waals surface area contributed by atoms with E-state index < -0.39 is 25.8 Å². The molecule has 0 aliphatic carbocycles. The van der Waals surface area contributed by atoms with Gasteiger partial charge in [-0.1, -0.05) is 36.4 Å². The molecule has 0 spiro atoms. The predicted octanol–water partition coefficient (Wildman–Crippen LogP) is 1.94. The monoisotopic (exact) mass is 397 g/mol. The molecule has 127 valence electrons. The molecule has 0 unspecified atom stereocenters. The van der Waals surface area contributed by atoms with Crippen molar-refractivity contribution in [1.82, 2.24) is 0 Å². The summed E-state index contributed by atoms with van der Waals surface area (Å²) in [5.74, 6) is -1.24. The van der Waals surface area contributed by atoms with E-state index in [2.05, 4.69) is 0 Å². The van der Waals surface area contributed by atoms with Gasteiger partial charge in [-0.2, -0.15) is 0 Å². The Morgan fingerprint density at radius 3 is 0.960 bits per heavy atom. The summed E-state index contributed by atoms with van der Waals surface area (Å²) in [7, 11) is -3.45. The molecule has 3 aromatic rings. The Labute approximate surface area is 153 Å². The first-order valence-corrected chi connectivity index (χ1v) is 9.70. The third-order valence-electron chi connectivity index (χ3n) is 3.79. The summed E-state index contributed by atoms with van der Waals surface area (Å²) in [5.41, 5.74) is 0. The topological polar surface area (TPSA) is 37.3 Å². The molecule has 0 saturated carbocycles. The normalized spacial score (nSPS) is 10.7. The summed E-state index contributed by atoms with van der Waals surface area (Å²) in [4.78, 5) is 11.5. The molecule has 0 bridgehead atoms. The summed E-state index contributed by atoms with van der Waals surface area (Å²) in [6.45, 7) is 0. The van der Waals surface area contributed by atoms with Crippen LogP contribution in [-0.2, 0) is 21.0 Å². The molecule has 0 aliphatic heterocycles. The molecule has 3 rings (SSSR count). The predicted molar refractivity (Wildman–Crippen MR) is 86.8 cm³/mol. The molecule has 0 saturated heterocycles. The maximum atomic E-state index is 13.2. The zero-order chi connectivity index (χ0) is 18.4. The first-order valence-electron chi connectivity index (χ1n) is 7.19. The van der Waals surface area contributed by atoms with Crippen molar-refractivity contribution in [2.75, 3.05) is 0 Å². The van der Waals surface area contributed by atoms with Crippen molar-refractivity contribution in [1.29, 1.82) is 0 Å². The molecule has 7 heteroatoms. The molecule has 3 aromatic carbocycles. The van der Waals surface area contributed by atoms with Crippen molar-refractivity contribution in [2.45, 2.75) is 0 Å². The molecule has 2 nitrogen and oxygen atoms in total. The third-order valence-corrected chi connectivity index (χ3v) is 7.29. The van der Waals surface area contributed by atoms with Crippen LogP contribution in [0.25, 0.3) is 0 Å². The Bertz CT molecular complexity index is 714. The fourth-order valence-electron chi connectivity index (χ4n) is 2.57. The fourth-order valence-corrected chi connectivity index (χ4v) is 5.52. The van der Waals surface area contributed by atoms with Crippen molar-refractivity contribution >= 4 is 23.9 Å². The van der Waals surface area contributed by atoms with Gasteiger partial charge in [0.25, 0.3) is 8.32 Å². The Morgan fingerprint density at radius 2 is 0.760 bits per heavy atom. The van der Waals surface area contributed by atoms with E-state index >= 15 is 0 Å². The summed E-state index contributed by atoms with van der Waals surface area (Å²) in [6.07, 6.45) is 0. The van der Waals surface area contributed by atoms with Gasteiger partial charge in [0.2, 0.25) is 0 Å². The molecule has 0 amide bonds. The molecule has 0 atom stereocenters. The first-order chi connectivity index (χ1) is 12.0. The van der Waals surface area contributed by atoms with Crippen LogP contribution in [0.2, 0.25) is 0 Å². The second-order valence-corrected chi connectivity index (χ2v) is 8.38. The van der Waals surface area contributed by atoms with E-state index in [1.807, 2.05) is 0 Å². The summed E-state index contributed by atoms with van der Waals surface area (Å²) in [6, 6.07) is 16.6. The summed E-state index contributed by atoms with van der Waals surface area (Å²) in [5, 5.41) is 1.62. The van der Waals surface area contributed by atoms with E-state index in [4.69, 9.17) is 3.67 Å². The zero-order valence-electron chi connectivity index (χ0n) is 12.9. The van der Waals surface area contributed by atoms with Gasteiger partial charge < -0.3 is 4.80 Å². The van der Waals surface area contributed by atoms with Crippen molar-refractivity contribution in [2.24, 2.45) is 0 Å². The van der Waals surface area contributed by atoms with Crippen LogP contribution in [0.5, 0.6) is 0 Å². The Kier molecular flexibility index (Phi) is 6.50. The number of hydrogen-bond donors (Lipinski definition) is 1. The van der Waals surface area contributed by atoms with Gasteiger partial charge in [-0.15, -0.1) is 0 Å². The molecular formula is C18H13F3O2SiV. The first kappa shape index (κ1) is 19.3. The Morgan fingerprint density at radius 1 is 0.560 bits per heavy atom. The zero-order valence-corrected chi connectivity index (χ0v) is 15.3. The van der Waals surface area contributed by atoms with Crippen LogP contribution >= 0.6 is 0 Å². The minimum atomic E-state index is -3.45. The SMILES string of the molecule is O[Si](c1ccc(F)cc1)(c1ccc(F)cc1)c1ccc(F)cc1.[O]=[V]. The van der Waals surface area contributed by atoms with E-state index in [0.717, 1.165) is 17.4 Å². The molecule has 0 aliphatic rings. The Hall–Kier alpha value is -1.99. The van der Waals surface area contributed by atoms with Crippen LogP contribution < -0.4 is 15.6 Å². The van der Waals surface area contributed by atoms with Crippen LogP contribution in [0.1, 0.15) is 0 Å². The standard InChI is InChI=1S/C18H13F3OSi.O.V/c19-13-1-7-16(8-2-13)23(22,17-9-3-14(20)4-10-17)18-11-5-15(21)6-12-18;;/h1-12,22H;;. The van der Waals surface area contributed by atoms with Gasteiger partial charge in [-0.25, -0.2) is 13.2 Å². The molecule has 0 aromatic heterocycles. The van der Waals surface area contributed by atoms with E-state index in [1.165, 1.54) is 72.8 Å². The number of benzene rings is 3. The second kappa shape index (κ2) is 8.40. The quantitative estimate of drug-likeness (QED) is 0.542. The average molecular weight is 397 g/mol. The second-order valence-electron chi connectivity index (χ2n) is 5.23. The van der Waals surface area contributed by atoms with Crippen LogP contribution in [0.3, 0.4) is 0 Å². The molecule has 0 heterocycles. The van der Waals surface area contributed by atoms with Crippen molar-refractivity contribution < 1.29 is 39.0 Å². The van der Waals surface area contributed by atoms with Crippen molar-refractivity contribution in [3.05, 3.63) is 90.2 Å². The van der Waals surface area contributed by atoms with Crippen molar-refractivity contribution in [3.8, 4) is 0 Å². The molecular weight excluding hydrogens is 384 g/mol. The summed E-state index contributed by atoms with van der Waals surface area (Å²) < 4.78 is 47.8. The Balaban J connectivity index is 0.00000109. The van der Waals surface area contributed by atoms with Gasteiger partial charge >= 0.3 is 21.0 Å². The van der Waals surface area contributed by atoms with Gasteiger partial charge in [0.1, 0.15) is 17.5 Å². The van der Waals surface area contributed by atoms with Gasteiger partial charge in [-0.05, 0) is 52.0 Å². The molecule has 25 heavy (non-hydrogen) atoms. The summed E-state index contributed by atoms with van der Waals surface area (Å²) >= 11 is 1.06. The van der Waals surface area contributed by atoms with E-state index in [-0.39, 0.29) is 0 Å². The van der Waals surface area contributed by atoms with E-state index in [1.54, 1.807) is 0 Å². The van der Waals surface area contributed by atoms with Crippen molar-refractivity contribution in [3.63, 3.8) is 0 Å². The van der Waals surface area contributed by atoms with E-state index in [0.29, 0.717) is 15.6 Å². The van der Waals surface area contributed by atoms with Gasteiger partial charge in [0.15, 0.2) is 0 Å². The number of halogens is 3. The molecule has 0 fully saturated rings. The van der Waals surface area contributed by atoms with Crippen LogP contribution in [0.4, 0.5) is 13.2 Å². The van der Waals surface area contributed by atoms with Crippen LogP contribution in [0.15, 0.2) is 72.8 Å². The minimum absolute atomic E-state index is 0.414. The van der Waals surface area contributed by atoms with E-state index in [9.17, 15) is 18.0 Å². The number of hydrogen-bond acceptors (Lipinski definition) is 2. The van der Waals surface area contributed by atoms with Crippen LogP contribution in [-0.4, -0.2) is 13.1 Å². The van der Waals surface area contributed by atoms with Crippen LogP contribution in [0, 0.1) is 17.5 Å². The number of rotatable bonds is 3. The fraction of sp³-hybridized carbons (Fsp3) is 0. The van der Waals surface area contributed by atoms with Gasteiger partial charge in [-0.3, -0.25) is 0 Å². The maximum absolute atomic E-state index is 13.2. The van der Waals surface area contributed by atoms with Gasteiger partial charge in [0, 0.05) is 0 Å². The molecule has 0 radical (unpaired) electrons. The average Bonchev–Trinajstić information content (AvgIpc) is 2.64. The molecule has 1 N–H and O–H groups in total.